The lowest BCUT2D eigenvalue weighted by Crippen LogP contribution is -2.48. The minimum absolute atomic E-state index is 0.00242. The normalized spacial score (nSPS) is 17.7. The van der Waals surface area contributed by atoms with Gasteiger partial charge in [0.05, 0.1) is 21.8 Å². The van der Waals surface area contributed by atoms with E-state index in [-0.39, 0.29) is 43.4 Å². The third-order valence-electron chi connectivity index (χ3n) is 7.74. The third kappa shape index (κ3) is 6.25. The first-order valence-electron chi connectivity index (χ1n) is 13.9. The Bertz CT molecular complexity index is 1720. The van der Waals surface area contributed by atoms with Crippen LogP contribution < -0.4 is 10.1 Å². The van der Waals surface area contributed by atoms with E-state index in [1.807, 2.05) is 6.07 Å². The maximum absolute atomic E-state index is 13.8. The van der Waals surface area contributed by atoms with Gasteiger partial charge in [0.15, 0.2) is 5.78 Å². The lowest BCUT2D eigenvalue weighted by molar-refractivity contribution is -0.127. The fourth-order valence-electron chi connectivity index (χ4n) is 5.08. The molecule has 0 unspecified atom stereocenters. The number of Topliss-reactive ketones (excluding diaryl/α,β-unsaturated/α-hetero) is 1. The van der Waals surface area contributed by atoms with E-state index in [1.165, 1.54) is 12.1 Å². The third-order valence-corrected chi connectivity index (χ3v) is 8.03. The smallest absolute Gasteiger partial charge is 0.234 e. The number of amides is 1. The number of hydrogen-bond donors (Lipinski definition) is 3. The lowest BCUT2D eigenvalue weighted by Gasteiger charge is -2.27. The van der Waals surface area contributed by atoms with Crippen molar-refractivity contribution in [2.75, 3.05) is 13.2 Å². The van der Waals surface area contributed by atoms with Crippen molar-refractivity contribution in [2.45, 2.75) is 57.2 Å². The zero-order valence-corrected chi connectivity index (χ0v) is 25.1. The second kappa shape index (κ2) is 11.3. The fraction of sp³-hybridized carbons (Fsp3) is 0.333. The molecule has 43 heavy (non-hydrogen) atoms. The van der Waals surface area contributed by atoms with Crippen LogP contribution in [0.25, 0.3) is 22.2 Å². The molecule has 10 heteroatoms. The Kier molecular flexibility index (Phi) is 8.02. The molecule has 4 aromatic rings. The van der Waals surface area contributed by atoms with Crippen LogP contribution in [0.15, 0.2) is 60.8 Å². The monoisotopic (exact) mass is 605 g/mol. The molecule has 2 atom stereocenters. The van der Waals surface area contributed by atoms with Gasteiger partial charge in [-0.05, 0) is 82.6 Å². The van der Waals surface area contributed by atoms with Crippen molar-refractivity contribution < 1.29 is 28.9 Å². The number of fused-ring (bicyclic) bond motifs is 2. The number of hydrogen-bond acceptors (Lipinski definition) is 7. The van der Waals surface area contributed by atoms with E-state index in [0.29, 0.717) is 38.7 Å². The quantitative estimate of drug-likeness (QED) is 0.215. The molecule has 3 N–H and O–H groups in total. The zero-order chi connectivity index (χ0) is 31.2. The molecule has 1 aliphatic heterocycles. The maximum Gasteiger partial charge on any atom is 0.234 e. The largest absolute Gasteiger partial charge is 0.489 e. The van der Waals surface area contributed by atoms with E-state index in [4.69, 9.17) is 21.3 Å². The molecule has 0 fully saturated rings. The highest BCUT2D eigenvalue weighted by atomic mass is 35.5. The van der Waals surface area contributed by atoms with Gasteiger partial charge in [0.1, 0.15) is 34.9 Å². The van der Waals surface area contributed by atoms with Gasteiger partial charge in [0, 0.05) is 41.2 Å². The molecular formula is C33H33ClFN3O5. The second-order valence-corrected chi connectivity index (χ2v) is 12.5. The summed E-state index contributed by atoms with van der Waals surface area (Å²) in [5.74, 6) is -0.661. The second-order valence-electron chi connectivity index (χ2n) is 12.1. The Hall–Kier alpha value is -3.92. The number of carbonyl (C=O) groups excluding carboxylic acids is 2. The number of aromatic nitrogens is 2. The molecule has 224 valence electrons. The standard InChI is InChI=1S/C33H33ClFN3O5/c1-31(2,41)17-37-30(40)32(3)18-43-29-23(32)16-26(38-28(29)19-7-9-22(35)10-8-19)33(4,42)12-11-25(39)21-14-20-6-5-13-36-27(20)24(34)15-21/h5-10,13-16,41-42H,11-12,17-18H2,1-4H3,(H,37,40)/t32-,33-/m0/s1. The van der Waals surface area contributed by atoms with Crippen molar-refractivity contribution in [3.05, 3.63) is 88.5 Å². The molecule has 3 heterocycles. The topological polar surface area (TPSA) is 122 Å². The molecule has 0 spiro atoms. The number of ketones is 1. The minimum atomic E-state index is -1.59. The van der Waals surface area contributed by atoms with E-state index in [0.717, 1.165) is 5.39 Å². The van der Waals surface area contributed by atoms with Crippen LogP contribution >= 0.6 is 11.6 Å². The summed E-state index contributed by atoms with van der Waals surface area (Å²) in [4.78, 5) is 35.6. The van der Waals surface area contributed by atoms with Crippen molar-refractivity contribution in [1.29, 1.82) is 0 Å². The molecule has 0 bridgehead atoms. The Morgan fingerprint density at radius 2 is 1.84 bits per heavy atom. The van der Waals surface area contributed by atoms with Gasteiger partial charge < -0.3 is 20.3 Å². The average molecular weight is 606 g/mol. The summed E-state index contributed by atoms with van der Waals surface area (Å²) in [6.45, 7) is 6.47. The lowest BCUT2D eigenvalue weighted by atomic mass is 9.81. The molecule has 2 aromatic heterocycles. The van der Waals surface area contributed by atoms with Gasteiger partial charge in [-0.25, -0.2) is 9.37 Å². The van der Waals surface area contributed by atoms with E-state index in [1.54, 1.807) is 70.3 Å². The number of aliphatic hydroxyl groups is 2. The molecule has 5 rings (SSSR count). The van der Waals surface area contributed by atoms with Gasteiger partial charge in [-0.15, -0.1) is 0 Å². The first-order chi connectivity index (χ1) is 20.2. The van der Waals surface area contributed by atoms with Crippen molar-refractivity contribution in [2.24, 2.45) is 0 Å². The predicted molar refractivity (Wildman–Crippen MR) is 162 cm³/mol. The highest BCUT2D eigenvalue weighted by Gasteiger charge is 2.46. The summed E-state index contributed by atoms with van der Waals surface area (Å²) in [5.41, 5.74) is -1.29. The molecule has 0 radical (unpaired) electrons. The summed E-state index contributed by atoms with van der Waals surface area (Å²) < 4.78 is 19.8. The van der Waals surface area contributed by atoms with Crippen LogP contribution in [0.2, 0.25) is 5.02 Å². The number of carbonyl (C=O) groups is 2. The molecule has 1 aliphatic rings. The summed E-state index contributed by atoms with van der Waals surface area (Å²) in [5, 5.41) is 25.7. The molecule has 1 amide bonds. The summed E-state index contributed by atoms with van der Waals surface area (Å²) in [6.07, 6.45) is 1.63. The van der Waals surface area contributed by atoms with Gasteiger partial charge in [-0.3, -0.25) is 14.6 Å². The molecule has 8 nitrogen and oxygen atoms in total. The van der Waals surface area contributed by atoms with Crippen LogP contribution in [0.1, 0.15) is 62.2 Å². The number of pyridine rings is 2. The van der Waals surface area contributed by atoms with Crippen LogP contribution in [0.4, 0.5) is 4.39 Å². The van der Waals surface area contributed by atoms with Gasteiger partial charge >= 0.3 is 0 Å². The zero-order valence-electron chi connectivity index (χ0n) is 24.4. The molecule has 0 saturated carbocycles. The van der Waals surface area contributed by atoms with E-state index >= 15 is 0 Å². The molecule has 0 saturated heterocycles. The predicted octanol–water partition coefficient (Wildman–Crippen LogP) is 5.50. The number of ether oxygens (including phenoxy) is 1. The first kappa shape index (κ1) is 30.5. The fourth-order valence-corrected chi connectivity index (χ4v) is 5.36. The summed E-state index contributed by atoms with van der Waals surface area (Å²) >= 11 is 6.38. The number of rotatable bonds is 9. The first-order valence-corrected chi connectivity index (χ1v) is 14.3. The van der Waals surface area contributed by atoms with Crippen molar-refractivity contribution >= 4 is 34.2 Å². The number of halogens is 2. The van der Waals surface area contributed by atoms with Gasteiger partial charge in [0.2, 0.25) is 5.91 Å². The maximum atomic E-state index is 13.8. The Morgan fingerprint density at radius 1 is 1.12 bits per heavy atom. The van der Waals surface area contributed by atoms with Crippen molar-refractivity contribution in [1.82, 2.24) is 15.3 Å². The Morgan fingerprint density at radius 3 is 2.53 bits per heavy atom. The van der Waals surface area contributed by atoms with E-state index in [2.05, 4.69) is 10.3 Å². The van der Waals surface area contributed by atoms with Crippen LogP contribution in [0, 0.1) is 5.82 Å². The van der Waals surface area contributed by atoms with Crippen LogP contribution in [0.3, 0.4) is 0 Å². The highest BCUT2D eigenvalue weighted by Crippen LogP contribution is 2.46. The Balaban J connectivity index is 1.49. The van der Waals surface area contributed by atoms with Crippen LogP contribution in [-0.4, -0.2) is 50.6 Å². The minimum Gasteiger partial charge on any atom is -0.489 e. The van der Waals surface area contributed by atoms with Crippen LogP contribution in [-0.2, 0) is 15.8 Å². The van der Waals surface area contributed by atoms with E-state index in [9.17, 15) is 24.2 Å². The SMILES string of the molecule is CC(C)(O)CNC(=O)[C@@]1(C)COc2c1cc([C@@](C)(O)CCC(=O)c1cc(Cl)c3ncccc3c1)nc2-c1ccc(F)cc1. The summed E-state index contributed by atoms with van der Waals surface area (Å²) in [7, 11) is 0. The average Bonchev–Trinajstić information content (AvgIpc) is 3.32. The van der Waals surface area contributed by atoms with Crippen molar-refractivity contribution in [3.63, 3.8) is 0 Å². The number of benzene rings is 2. The molecular weight excluding hydrogens is 573 g/mol. The number of nitrogens with zero attached hydrogens (tertiary/aromatic N) is 2. The van der Waals surface area contributed by atoms with Gasteiger partial charge in [0.25, 0.3) is 0 Å². The summed E-state index contributed by atoms with van der Waals surface area (Å²) in [6, 6.07) is 14.2. The highest BCUT2D eigenvalue weighted by molar-refractivity contribution is 6.35. The van der Waals surface area contributed by atoms with Gasteiger partial charge in [-0.2, -0.15) is 0 Å². The van der Waals surface area contributed by atoms with Crippen LogP contribution in [0.5, 0.6) is 5.75 Å². The number of nitrogens with one attached hydrogen (secondary N) is 1. The Labute approximate surface area is 253 Å². The van der Waals surface area contributed by atoms with E-state index < -0.39 is 22.4 Å². The molecule has 2 aromatic carbocycles. The van der Waals surface area contributed by atoms with Crippen molar-refractivity contribution in [3.8, 4) is 17.0 Å². The van der Waals surface area contributed by atoms with Gasteiger partial charge in [-0.1, -0.05) is 17.7 Å². The molecule has 0 aliphatic carbocycles.